The molecule has 0 aromatic heterocycles. The van der Waals surface area contributed by atoms with Crippen molar-refractivity contribution in [2.45, 2.75) is 11.3 Å². The number of sulfonamides is 1. The third kappa shape index (κ3) is 4.19. The van der Waals surface area contributed by atoms with Gasteiger partial charge in [0.2, 0.25) is 10.0 Å². The molecule has 1 rings (SSSR count). The van der Waals surface area contributed by atoms with Crippen LogP contribution in [0.15, 0.2) is 23.1 Å². The van der Waals surface area contributed by atoms with E-state index in [-0.39, 0.29) is 22.7 Å². The van der Waals surface area contributed by atoms with Gasteiger partial charge in [0, 0.05) is 25.9 Å². The number of rotatable bonds is 7. The summed E-state index contributed by atoms with van der Waals surface area (Å²) in [5, 5.41) is 9.00. The molecule has 1 aromatic carbocycles. The average molecular weight is 288 g/mol. The van der Waals surface area contributed by atoms with Gasteiger partial charge in [-0.3, -0.25) is 0 Å². The molecule has 4 N–H and O–H groups in total. The smallest absolute Gasteiger partial charge is 0.337 e. The maximum atomic E-state index is 12.0. The maximum absolute atomic E-state index is 12.0. The lowest BCUT2D eigenvalue weighted by atomic mass is 10.2. The monoisotopic (exact) mass is 288 g/mol. The molecule has 0 fully saturated rings. The number of carbonyl (C=O) groups is 1. The first-order valence-corrected chi connectivity index (χ1v) is 6.98. The fourth-order valence-electron chi connectivity index (χ4n) is 1.45. The van der Waals surface area contributed by atoms with Crippen LogP contribution in [0.4, 0.5) is 5.69 Å². The number of nitrogen functional groups attached to an aromatic ring is 1. The van der Waals surface area contributed by atoms with Crippen LogP contribution < -0.4 is 10.5 Å². The van der Waals surface area contributed by atoms with Gasteiger partial charge in [-0.1, -0.05) is 0 Å². The minimum absolute atomic E-state index is 0.166. The number of hydrogen-bond donors (Lipinski definition) is 3. The fraction of sp³-hybridized carbons (Fsp3) is 0.364. The van der Waals surface area contributed by atoms with Gasteiger partial charge in [0.15, 0.2) is 0 Å². The topological polar surface area (TPSA) is 119 Å². The lowest BCUT2D eigenvalue weighted by Crippen LogP contribution is -2.27. The number of nitrogens with one attached hydrogen (secondary N) is 1. The van der Waals surface area contributed by atoms with E-state index in [4.69, 9.17) is 15.6 Å². The summed E-state index contributed by atoms with van der Waals surface area (Å²) in [6.45, 7) is 0.579. The van der Waals surface area contributed by atoms with E-state index in [1.807, 2.05) is 0 Å². The summed E-state index contributed by atoms with van der Waals surface area (Å²) in [6.07, 6.45) is 0.493. The zero-order valence-corrected chi connectivity index (χ0v) is 11.2. The molecule has 0 heterocycles. The molecule has 0 unspecified atom stereocenters. The summed E-state index contributed by atoms with van der Waals surface area (Å²) in [4.78, 5) is 10.7. The average Bonchev–Trinajstić information content (AvgIpc) is 2.34. The molecule has 0 saturated heterocycles. The molecular formula is C11H16N2O5S. The minimum atomic E-state index is -3.88. The number of methoxy groups -OCH3 is 1. The first-order valence-electron chi connectivity index (χ1n) is 5.50. The van der Waals surface area contributed by atoms with E-state index < -0.39 is 16.0 Å². The molecule has 0 aliphatic carbocycles. The number of carboxylic acids is 1. The largest absolute Gasteiger partial charge is 0.478 e. The number of anilines is 1. The Kier molecular flexibility index (Phi) is 5.28. The van der Waals surface area contributed by atoms with E-state index in [2.05, 4.69) is 4.72 Å². The number of hydrogen-bond acceptors (Lipinski definition) is 5. The Bertz CT molecular complexity index is 556. The molecular weight excluding hydrogens is 272 g/mol. The molecule has 0 aliphatic rings. The quantitative estimate of drug-likeness (QED) is 0.490. The van der Waals surface area contributed by atoms with E-state index in [1.165, 1.54) is 19.2 Å². The van der Waals surface area contributed by atoms with Crippen LogP contribution in [0.3, 0.4) is 0 Å². The van der Waals surface area contributed by atoms with Crippen LogP contribution in [0.5, 0.6) is 0 Å². The SMILES string of the molecule is COCCCNS(=O)(=O)c1ccc(N)cc1C(=O)O. The van der Waals surface area contributed by atoms with Gasteiger partial charge < -0.3 is 15.6 Å². The first-order chi connectivity index (χ1) is 8.88. The zero-order valence-electron chi connectivity index (χ0n) is 10.4. The van der Waals surface area contributed by atoms with Crippen molar-refractivity contribution >= 4 is 21.7 Å². The molecule has 19 heavy (non-hydrogen) atoms. The van der Waals surface area contributed by atoms with E-state index >= 15 is 0 Å². The van der Waals surface area contributed by atoms with Crippen molar-refractivity contribution < 1.29 is 23.1 Å². The highest BCUT2D eigenvalue weighted by Gasteiger charge is 2.21. The van der Waals surface area contributed by atoms with Crippen molar-refractivity contribution in [3.8, 4) is 0 Å². The second kappa shape index (κ2) is 6.50. The van der Waals surface area contributed by atoms with Gasteiger partial charge in [-0.25, -0.2) is 17.9 Å². The minimum Gasteiger partial charge on any atom is -0.478 e. The van der Waals surface area contributed by atoms with Gasteiger partial charge >= 0.3 is 5.97 Å². The lowest BCUT2D eigenvalue weighted by Gasteiger charge is -2.09. The van der Waals surface area contributed by atoms with Crippen molar-refractivity contribution in [2.75, 3.05) is 26.0 Å². The third-order valence-corrected chi connectivity index (χ3v) is 3.86. The van der Waals surface area contributed by atoms with Crippen molar-refractivity contribution in [1.29, 1.82) is 0 Å². The molecule has 0 radical (unpaired) electrons. The molecule has 1 aromatic rings. The van der Waals surface area contributed by atoms with E-state index in [1.54, 1.807) is 0 Å². The van der Waals surface area contributed by atoms with E-state index in [9.17, 15) is 13.2 Å². The molecule has 0 atom stereocenters. The Balaban J connectivity index is 2.98. The van der Waals surface area contributed by atoms with Crippen LogP contribution in [0.1, 0.15) is 16.8 Å². The Morgan fingerprint density at radius 3 is 2.74 bits per heavy atom. The van der Waals surface area contributed by atoms with Gasteiger partial charge in [0.05, 0.1) is 10.5 Å². The van der Waals surface area contributed by atoms with Gasteiger partial charge in [0.25, 0.3) is 0 Å². The summed E-state index contributed by atoms with van der Waals surface area (Å²) in [5.74, 6) is -1.34. The van der Waals surface area contributed by atoms with Crippen molar-refractivity contribution in [1.82, 2.24) is 4.72 Å². The van der Waals surface area contributed by atoms with E-state index in [0.717, 1.165) is 6.07 Å². The molecule has 0 saturated carbocycles. The summed E-state index contributed by atoms with van der Waals surface area (Å²) < 4.78 is 31.1. The normalized spacial score (nSPS) is 11.4. The number of aromatic carboxylic acids is 1. The van der Waals surface area contributed by atoms with Gasteiger partial charge in [-0.2, -0.15) is 0 Å². The molecule has 7 nitrogen and oxygen atoms in total. The Morgan fingerprint density at radius 1 is 1.47 bits per heavy atom. The zero-order chi connectivity index (χ0) is 14.5. The standard InChI is InChI=1S/C11H16N2O5S/c1-18-6-2-5-13-19(16,17)10-4-3-8(12)7-9(10)11(14)15/h3-4,7,13H,2,5-6,12H2,1H3,(H,14,15). The Hall–Kier alpha value is -1.64. The van der Waals surface area contributed by atoms with Crippen molar-refractivity contribution in [3.05, 3.63) is 23.8 Å². The maximum Gasteiger partial charge on any atom is 0.337 e. The second-order valence-electron chi connectivity index (χ2n) is 3.80. The van der Waals surface area contributed by atoms with Crippen molar-refractivity contribution in [3.63, 3.8) is 0 Å². The molecule has 0 spiro atoms. The molecule has 0 amide bonds. The third-order valence-electron chi connectivity index (χ3n) is 2.34. The van der Waals surface area contributed by atoms with Gasteiger partial charge in [0.1, 0.15) is 0 Å². The number of benzene rings is 1. The predicted molar refractivity (Wildman–Crippen MR) is 69.5 cm³/mol. The summed E-state index contributed by atoms with van der Waals surface area (Å²) >= 11 is 0. The van der Waals surface area contributed by atoms with Crippen molar-refractivity contribution in [2.24, 2.45) is 0 Å². The molecule has 0 aliphatic heterocycles. The number of ether oxygens (including phenoxy) is 1. The molecule has 0 bridgehead atoms. The summed E-state index contributed by atoms with van der Waals surface area (Å²) in [5.41, 5.74) is 5.30. The first kappa shape index (κ1) is 15.4. The highest BCUT2D eigenvalue weighted by molar-refractivity contribution is 7.89. The number of carboxylic acid groups (broad SMARTS) is 1. The van der Waals surface area contributed by atoms with E-state index in [0.29, 0.717) is 13.0 Å². The van der Waals surface area contributed by atoms with Crippen LogP contribution in [0.25, 0.3) is 0 Å². The van der Waals surface area contributed by atoms with Gasteiger partial charge in [-0.15, -0.1) is 0 Å². The van der Waals surface area contributed by atoms with Crippen LogP contribution in [0, 0.1) is 0 Å². The second-order valence-corrected chi connectivity index (χ2v) is 5.54. The van der Waals surface area contributed by atoms with Gasteiger partial charge in [-0.05, 0) is 24.6 Å². The van der Waals surface area contributed by atoms with Crippen LogP contribution in [-0.2, 0) is 14.8 Å². The van der Waals surface area contributed by atoms with Crippen LogP contribution in [0.2, 0.25) is 0 Å². The predicted octanol–water partition coefficient (Wildman–Crippen LogP) is 0.282. The summed E-state index contributed by atoms with van der Waals surface area (Å²) in [7, 11) is -2.36. The highest BCUT2D eigenvalue weighted by Crippen LogP contribution is 2.18. The summed E-state index contributed by atoms with van der Waals surface area (Å²) in [6, 6.07) is 3.64. The Morgan fingerprint density at radius 2 is 2.16 bits per heavy atom. The fourth-order valence-corrected chi connectivity index (χ4v) is 2.70. The highest BCUT2D eigenvalue weighted by atomic mass is 32.2. The molecule has 106 valence electrons. The number of nitrogens with two attached hydrogens (primary N) is 1. The van der Waals surface area contributed by atoms with Crippen LogP contribution in [-0.4, -0.2) is 39.8 Å². The Labute approximate surface area is 111 Å². The van der Waals surface area contributed by atoms with Crippen LogP contribution >= 0.6 is 0 Å². The lowest BCUT2D eigenvalue weighted by molar-refractivity contribution is 0.0692. The molecule has 8 heteroatoms.